The molecule has 0 aromatic heterocycles. The van der Waals surface area contributed by atoms with Gasteiger partial charge in [-0.2, -0.15) is 0 Å². The first-order valence-electron chi connectivity index (χ1n) is 9.78. The van der Waals surface area contributed by atoms with Crippen molar-refractivity contribution in [1.82, 2.24) is 4.90 Å². The molecule has 1 heterocycles. The summed E-state index contributed by atoms with van der Waals surface area (Å²) in [5, 5.41) is 5.87. The molecule has 1 aliphatic heterocycles. The fourth-order valence-corrected chi connectivity index (χ4v) is 3.34. The second-order valence-electron chi connectivity index (χ2n) is 7.27. The first-order chi connectivity index (χ1) is 13.5. The maximum atomic E-state index is 12.5. The number of hydrogen-bond acceptors (Lipinski definition) is 4. The van der Waals surface area contributed by atoms with Crippen LogP contribution in [0.5, 0.6) is 0 Å². The number of rotatable bonds is 6. The van der Waals surface area contributed by atoms with E-state index in [4.69, 9.17) is 5.73 Å². The van der Waals surface area contributed by atoms with Crippen molar-refractivity contribution in [3.05, 3.63) is 59.2 Å². The predicted molar refractivity (Wildman–Crippen MR) is 120 cm³/mol. The molecule has 0 spiro atoms. The molecule has 6 nitrogen and oxygen atoms in total. The van der Waals surface area contributed by atoms with Gasteiger partial charge < -0.3 is 16.4 Å². The maximum absolute atomic E-state index is 12.5. The molecular weight excluding hydrogens is 388 g/mol. The van der Waals surface area contributed by atoms with E-state index >= 15 is 0 Å². The minimum absolute atomic E-state index is 0. The van der Waals surface area contributed by atoms with E-state index in [0.717, 1.165) is 42.7 Å². The Morgan fingerprint density at radius 2 is 1.69 bits per heavy atom. The van der Waals surface area contributed by atoms with Gasteiger partial charge >= 0.3 is 0 Å². The van der Waals surface area contributed by atoms with Crippen LogP contribution in [-0.4, -0.2) is 36.3 Å². The van der Waals surface area contributed by atoms with Crippen LogP contribution in [0.2, 0.25) is 0 Å². The molecule has 7 heteroatoms. The van der Waals surface area contributed by atoms with E-state index in [9.17, 15) is 9.59 Å². The number of hydrogen-bond donors (Lipinski definition) is 3. The molecule has 0 radical (unpaired) electrons. The van der Waals surface area contributed by atoms with Crippen molar-refractivity contribution in [2.24, 2.45) is 5.73 Å². The number of nitrogens with zero attached hydrogens (tertiary/aromatic N) is 1. The zero-order valence-corrected chi connectivity index (χ0v) is 17.6. The molecule has 2 amide bonds. The van der Waals surface area contributed by atoms with Gasteiger partial charge in [0.1, 0.15) is 0 Å². The van der Waals surface area contributed by atoms with Gasteiger partial charge in [-0.15, -0.1) is 12.4 Å². The minimum atomic E-state index is -0.196. The van der Waals surface area contributed by atoms with Gasteiger partial charge in [0.25, 0.3) is 5.91 Å². The predicted octanol–water partition coefficient (Wildman–Crippen LogP) is 3.55. The summed E-state index contributed by atoms with van der Waals surface area (Å²) in [6, 6.07) is 12.7. The van der Waals surface area contributed by atoms with Gasteiger partial charge in [-0.05, 0) is 68.2 Å². The quantitative estimate of drug-likeness (QED) is 0.672. The van der Waals surface area contributed by atoms with Gasteiger partial charge in [-0.25, -0.2) is 0 Å². The lowest BCUT2D eigenvalue weighted by Crippen LogP contribution is -2.36. The third kappa shape index (κ3) is 6.56. The Balaban J connectivity index is 0.00000300. The standard InChI is InChI=1S/C22H28N4O2.ClH/c1-16-5-10-19(24-22(28)18-8-6-17(14-23)7-9-18)13-20(16)25-21(27)15-26-11-3-2-4-12-26;/h5-10,13H,2-4,11-12,14-15,23H2,1H3,(H,24,28)(H,25,27);1H. The largest absolute Gasteiger partial charge is 0.326 e. The van der Waals surface area contributed by atoms with Gasteiger partial charge in [0.15, 0.2) is 0 Å². The molecule has 0 unspecified atom stereocenters. The van der Waals surface area contributed by atoms with Crippen LogP contribution in [0.3, 0.4) is 0 Å². The van der Waals surface area contributed by atoms with Crippen molar-refractivity contribution in [1.29, 1.82) is 0 Å². The monoisotopic (exact) mass is 416 g/mol. The lowest BCUT2D eigenvalue weighted by atomic mass is 10.1. The fraction of sp³-hybridized carbons (Fsp3) is 0.364. The third-order valence-corrected chi connectivity index (χ3v) is 5.04. The molecule has 1 aliphatic rings. The van der Waals surface area contributed by atoms with Crippen LogP contribution in [-0.2, 0) is 11.3 Å². The normalized spacial score (nSPS) is 14.0. The fourth-order valence-electron chi connectivity index (χ4n) is 3.34. The smallest absolute Gasteiger partial charge is 0.255 e. The number of nitrogens with two attached hydrogens (primary N) is 1. The summed E-state index contributed by atoms with van der Waals surface area (Å²) in [5.41, 5.74) is 9.45. The highest BCUT2D eigenvalue weighted by atomic mass is 35.5. The second-order valence-corrected chi connectivity index (χ2v) is 7.27. The summed E-state index contributed by atoms with van der Waals surface area (Å²) in [6.45, 7) is 4.74. The van der Waals surface area contributed by atoms with Gasteiger partial charge in [-0.1, -0.05) is 24.6 Å². The molecule has 0 bridgehead atoms. The Bertz CT molecular complexity index is 833. The molecule has 29 heavy (non-hydrogen) atoms. The first kappa shape index (κ1) is 22.9. The number of piperidine rings is 1. The Labute approximate surface area is 178 Å². The molecule has 0 atom stereocenters. The molecule has 1 saturated heterocycles. The van der Waals surface area contributed by atoms with E-state index in [1.807, 2.05) is 31.2 Å². The summed E-state index contributed by atoms with van der Waals surface area (Å²) < 4.78 is 0. The zero-order valence-electron chi connectivity index (χ0n) is 16.7. The minimum Gasteiger partial charge on any atom is -0.326 e. The SMILES string of the molecule is Cc1ccc(NC(=O)c2ccc(CN)cc2)cc1NC(=O)CN1CCCCC1.Cl. The Morgan fingerprint density at radius 1 is 1.00 bits per heavy atom. The van der Waals surface area contributed by atoms with Crippen molar-refractivity contribution in [2.75, 3.05) is 30.3 Å². The number of benzene rings is 2. The van der Waals surface area contributed by atoms with Gasteiger partial charge in [0.2, 0.25) is 5.91 Å². The van der Waals surface area contributed by atoms with Crippen molar-refractivity contribution in [3.63, 3.8) is 0 Å². The lowest BCUT2D eigenvalue weighted by Gasteiger charge is -2.25. The summed E-state index contributed by atoms with van der Waals surface area (Å²) >= 11 is 0. The molecule has 2 aromatic carbocycles. The number of anilines is 2. The van der Waals surface area contributed by atoms with Crippen molar-refractivity contribution in [3.8, 4) is 0 Å². The average Bonchev–Trinajstić information content (AvgIpc) is 2.71. The van der Waals surface area contributed by atoms with E-state index in [1.54, 1.807) is 18.2 Å². The lowest BCUT2D eigenvalue weighted by molar-refractivity contribution is -0.117. The summed E-state index contributed by atoms with van der Waals surface area (Å²) in [4.78, 5) is 27.0. The second kappa shape index (κ2) is 11.0. The Hall–Kier alpha value is -2.41. The van der Waals surface area contributed by atoms with Crippen LogP contribution >= 0.6 is 12.4 Å². The first-order valence-corrected chi connectivity index (χ1v) is 9.78. The summed E-state index contributed by atoms with van der Waals surface area (Å²) in [5.74, 6) is -0.219. The van der Waals surface area contributed by atoms with Gasteiger partial charge in [0, 0.05) is 23.5 Å². The number of amides is 2. The maximum Gasteiger partial charge on any atom is 0.255 e. The average molecular weight is 417 g/mol. The highest BCUT2D eigenvalue weighted by molar-refractivity contribution is 6.04. The van der Waals surface area contributed by atoms with Crippen LogP contribution < -0.4 is 16.4 Å². The molecule has 2 aromatic rings. The Morgan fingerprint density at radius 3 is 2.34 bits per heavy atom. The molecular formula is C22H29ClN4O2. The van der Waals surface area contributed by atoms with E-state index in [0.29, 0.717) is 24.3 Å². The topological polar surface area (TPSA) is 87.5 Å². The highest BCUT2D eigenvalue weighted by Gasteiger charge is 2.15. The number of nitrogens with one attached hydrogen (secondary N) is 2. The van der Waals surface area contributed by atoms with E-state index in [-0.39, 0.29) is 24.2 Å². The van der Waals surface area contributed by atoms with Crippen LogP contribution in [0.4, 0.5) is 11.4 Å². The third-order valence-electron chi connectivity index (χ3n) is 5.04. The number of aryl methyl sites for hydroxylation is 1. The van der Waals surface area contributed by atoms with Crippen molar-refractivity contribution < 1.29 is 9.59 Å². The molecule has 1 fully saturated rings. The van der Waals surface area contributed by atoms with Crippen LogP contribution in [0.15, 0.2) is 42.5 Å². The van der Waals surface area contributed by atoms with Crippen molar-refractivity contribution >= 4 is 35.6 Å². The number of likely N-dealkylation sites (tertiary alicyclic amines) is 1. The molecule has 156 valence electrons. The van der Waals surface area contributed by atoms with Crippen LogP contribution in [0.25, 0.3) is 0 Å². The molecule has 0 saturated carbocycles. The van der Waals surface area contributed by atoms with E-state index in [1.165, 1.54) is 6.42 Å². The number of halogens is 1. The van der Waals surface area contributed by atoms with Crippen molar-refractivity contribution in [2.45, 2.75) is 32.7 Å². The van der Waals surface area contributed by atoms with E-state index in [2.05, 4.69) is 15.5 Å². The Kier molecular flexibility index (Phi) is 8.64. The van der Waals surface area contributed by atoms with Crippen LogP contribution in [0.1, 0.15) is 40.7 Å². The van der Waals surface area contributed by atoms with Gasteiger partial charge in [-0.3, -0.25) is 14.5 Å². The molecule has 4 N–H and O–H groups in total. The molecule has 3 rings (SSSR count). The van der Waals surface area contributed by atoms with Crippen LogP contribution in [0, 0.1) is 6.92 Å². The highest BCUT2D eigenvalue weighted by Crippen LogP contribution is 2.21. The van der Waals surface area contributed by atoms with E-state index < -0.39 is 0 Å². The molecule has 0 aliphatic carbocycles. The number of carbonyl (C=O) groups excluding carboxylic acids is 2. The zero-order chi connectivity index (χ0) is 19.9. The summed E-state index contributed by atoms with van der Waals surface area (Å²) in [6.07, 6.45) is 3.55. The summed E-state index contributed by atoms with van der Waals surface area (Å²) in [7, 11) is 0. The van der Waals surface area contributed by atoms with Gasteiger partial charge in [0.05, 0.1) is 6.54 Å². The number of carbonyl (C=O) groups is 2.